The molecule has 1 heterocycles. The molecule has 1 atom stereocenters. The number of nitro groups is 1. The van der Waals surface area contributed by atoms with Gasteiger partial charge in [0.25, 0.3) is 5.69 Å². The van der Waals surface area contributed by atoms with Crippen LogP contribution in [0.25, 0.3) is 0 Å². The number of benzene rings is 1. The van der Waals surface area contributed by atoms with Gasteiger partial charge in [0.05, 0.1) is 11.0 Å². The minimum absolute atomic E-state index is 0.0773. The average Bonchev–Trinajstić information content (AvgIpc) is 2.38. The number of piperidine rings is 1. The summed E-state index contributed by atoms with van der Waals surface area (Å²) in [7, 11) is 0. The molecule has 6 heteroatoms. The number of nitro benzene ring substituents is 1. The number of nitrogens with zero attached hydrogens (tertiary/aromatic N) is 2. The lowest BCUT2D eigenvalue weighted by atomic mass is 10.1. The summed E-state index contributed by atoms with van der Waals surface area (Å²) < 4.78 is 0. The molecule has 1 aromatic carbocycles. The zero-order valence-corrected chi connectivity index (χ0v) is 11.0. The van der Waals surface area contributed by atoms with Crippen LogP contribution in [-0.4, -0.2) is 35.8 Å². The van der Waals surface area contributed by atoms with E-state index in [9.17, 15) is 15.2 Å². The van der Waals surface area contributed by atoms with Crippen LogP contribution in [0.2, 0.25) is 0 Å². The zero-order chi connectivity index (χ0) is 13.8. The molecule has 0 spiro atoms. The van der Waals surface area contributed by atoms with E-state index >= 15 is 0 Å². The highest BCUT2D eigenvalue weighted by Crippen LogP contribution is 2.28. The molecule has 0 radical (unpaired) electrons. The fourth-order valence-electron chi connectivity index (χ4n) is 2.38. The number of anilines is 2. The molecule has 1 saturated heterocycles. The van der Waals surface area contributed by atoms with Gasteiger partial charge < -0.3 is 15.3 Å². The van der Waals surface area contributed by atoms with E-state index in [1.807, 2.05) is 17.9 Å². The fourth-order valence-corrected chi connectivity index (χ4v) is 2.38. The summed E-state index contributed by atoms with van der Waals surface area (Å²) in [6.07, 6.45) is 1.35. The summed E-state index contributed by atoms with van der Waals surface area (Å²) in [6.45, 7) is 4.02. The topological polar surface area (TPSA) is 78.6 Å². The highest BCUT2D eigenvalue weighted by atomic mass is 16.6. The first-order chi connectivity index (χ1) is 9.10. The van der Waals surface area contributed by atoms with E-state index in [0.717, 1.165) is 30.8 Å². The van der Waals surface area contributed by atoms with Crippen molar-refractivity contribution in [1.29, 1.82) is 0 Å². The highest BCUT2D eigenvalue weighted by molar-refractivity contribution is 5.64. The Labute approximate surface area is 112 Å². The number of non-ortho nitro benzene ring substituents is 1. The third kappa shape index (κ3) is 3.35. The van der Waals surface area contributed by atoms with Gasteiger partial charge in [-0.15, -0.1) is 0 Å². The SMILES string of the molecule is CCNc1cc(N2CCCC(O)C2)cc([N+](=O)[O-])c1. The first kappa shape index (κ1) is 13.6. The van der Waals surface area contributed by atoms with Gasteiger partial charge in [0.15, 0.2) is 0 Å². The van der Waals surface area contributed by atoms with Gasteiger partial charge >= 0.3 is 0 Å². The minimum Gasteiger partial charge on any atom is -0.391 e. The molecule has 0 aliphatic carbocycles. The molecule has 0 aromatic heterocycles. The molecular formula is C13H19N3O3. The lowest BCUT2D eigenvalue weighted by Crippen LogP contribution is -2.38. The van der Waals surface area contributed by atoms with Crippen molar-refractivity contribution in [3.8, 4) is 0 Å². The van der Waals surface area contributed by atoms with E-state index < -0.39 is 0 Å². The molecule has 19 heavy (non-hydrogen) atoms. The third-order valence-electron chi connectivity index (χ3n) is 3.26. The third-order valence-corrected chi connectivity index (χ3v) is 3.26. The Morgan fingerprint density at radius 3 is 2.95 bits per heavy atom. The van der Waals surface area contributed by atoms with E-state index in [2.05, 4.69) is 5.32 Å². The van der Waals surface area contributed by atoms with E-state index in [0.29, 0.717) is 13.1 Å². The van der Waals surface area contributed by atoms with Crippen molar-refractivity contribution < 1.29 is 10.0 Å². The summed E-state index contributed by atoms with van der Waals surface area (Å²) >= 11 is 0. The van der Waals surface area contributed by atoms with Gasteiger partial charge in [-0.05, 0) is 25.8 Å². The number of nitrogens with one attached hydrogen (secondary N) is 1. The van der Waals surface area contributed by atoms with Gasteiger partial charge in [-0.2, -0.15) is 0 Å². The van der Waals surface area contributed by atoms with Gasteiger partial charge in [-0.25, -0.2) is 0 Å². The highest BCUT2D eigenvalue weighted by Gasteiger charge is 2.20. The maximum atomic E-state index is 11.0. The monoisotopic (exact) mass is 265 g/mol. The Hall–Kier alpha value is -1.82. The number of rotatable bonds is 4. The predicted octanol–water partition coefficient (Wildman–Crippen LogP) is 1.99. The van der Waals surface area contributed by atoms with Gasteiger partial charge in [0, 0.05) is 43.1 Å². The Bertz CT molecular complexity index is 464. The number of hydrogen-bond donors (Lipinski definition) is 2. The van der Waals surface area contributed by atoms with E-state index in [1.54, 1.807) is 6.07 Å². The molecule has 0 amide bonds. The predicted molar refractivity (Wildman–Crippen MR) is 74.7 cm³/mol. The van der Waals surface area contributed by atoms with Crippen LogP contribution >= 0.6 is 0 Å². The van der Waals surface area contributed by atoms with Crippen molar-refractivity contribution in [2.24, 2.45) is 0 Å². The quantitative estimate of drug-likeness (QED) is 0.643. The number of hydrogen-bond acceptors (Lipinski definition) is 5. The molecule has 2 rings (SSSR count). The molecule has 104 valence electrons. The Balaban J connectivity index is 2.29. The van der Waals surface area contributed by atoms with Crippen LogP contribution < -0.4 is 10.2 Å². The maximum absolute atomic E-state index is 11.0. The van der Waals surface area contributed by atoms with Crippen molar-refractivity contribution >= 4 is 17.1 Å². The minimum atomic E-state index is -0.384. The second-order valence-corrected chi connectivity index (χ2v) is 4.77. The lowest BCUT2D eigenvalue weighted by molar-refractivity contribution is -0.384. The zero-order valence-electron chi connectivity index (χ0n) is 11.0. The van der Waals surface area contributed by atoms with Gasteiger partial charge in [0.1, 0.15) is 0 Å². The summed E-state index contributed by atoms with van der Waals surface area (Å²) in [4.78, 5) is 12.6. The number of aliphatic hydroxyl groups excluding tert-OH is 1. The Morgan fingerprint density at radius 2 is 2.32 bits per heavy atom. The van der Waals surface area contributed by atoms with Crippen molar-refractivity contribution in [3.05, 3.63) is 28.3 Å². The first-order valence-electron chi connectivity index (χ1n) is 6.56. The van der Waals surface area contributed by atoms with Crippen LogP contribution in [0, 0.1) is 10.1 Å². The molecule has 1 unspecified atom stereocenters. The van der Waals surface area contributed by atoms with Crippen LogP contribution in [0.4, 0.5) is 17.1 Å². The molecule has 1 aliphatic rings. The van der Waals surface area contributed by atoms with Crippen LogP contribution in [0.1, 0.15) is 19.8 Å². The van der Waals surface area contributed by atoms with Crippen LogP contribution in [-0.2, 0) is 0 Å². The fraction of sp³-hybridized carbons (Fsp3) is 0.538. The summed E-state index contributed by atoms with van der Waals surface area (Å²) in [5, 5.41) is 23.8. The molecule has 2 N–H and O–H groups in total. The average molecular weight is 265 g/mol. The summed E-state index contributed by atoms with van der Waals surface area (Å²) in [6, 6.07) is 5.00. The summed E-state index contributed by atoms with van der Waals surface area (Å²) in [5.74, 6) is 0. The van der Waals surface area contributed by atoms with Crippen molar-refractivity contribution in [2.75, 3.05) is 29.9 Å². The largest absolute Gasteiger partial charge is 0.391 e. The smallest absolute Gasteiger partial charge is 0.273 e. The molecule has 0 saturated carbocycles. The normalized spacial score (nSPS) is 19.3. The number of aliphatic hydroxyl groups is 1. The van der Waals surface area contributed by atoms with Crippen molar-refractivity contribution in [2.45, 2.75) is 25.9 Å². The van der Waals surface area contributed by atoms with Gasteiger partial charge in [-0.1, -0.05) is 0 Å². The molecule has 1 aromatic rings. The molecule has 1 aliphatic heterocycles. The standard InChI is InChI=1S/C13H19N3O3/c1-2-14-10-6-11(8-12(7-10)16(18)19)15-5-3-4-13(17)9-15/h6-8,13-14,17H,2-5,9H2,1H3. The second-order valence-electron chi connectivity index (χ2n) is 4.77. The van der Waals surface area contributed by atoms with Crippen molar-refractivity contribution in [1.82, 2.24) is 0 Å². The van der Waals surface area contributed by atoms with Crippen LogP contribution in [0.5, 0.6) is 0 Å². The number of β-amino-alcohol motifs (C(OH)–C–C–N with tert-alkyl or cyclic N) is 1. The Morgan fingerprint density at radius 1 is 1.53 bits per heavy atom. The van der Waals surface area contributed by atoms with E-state index in [-0.39, 0.29) is 16.7 Å². The van der Waals surface area contributed by atoms with Crippen LogP contribution in [0.3, 0.4) is 0 Å². The molecule has 1 fully saturated rings. The van der Waals surface area contributed by atoms with Crippen LogP contribution in [0.15, 0.2) is 18.2 Å². The van der Waals surface area contributed by atoms with E-state index in [4.69, 9.17) is 0 Å². The molecule has 0 bridgehead atoms. The maximum Gasteiger partial charge on any atom is 0.273 e. The Kier molecular flexibility index (Phi) is 4.21. The molecule has 6 nitrogen and oxygen atoms in total. The summed E-state index contributed by atoms with van der Waals surface area (Å²) in [5.41, 5.74) is 1.61. The second kappa shape index (κ2) is 5.88. The lowest BCUT2D eigenvalue weighted by Gasteiger charge is -2.32. The van der Waals surface area contributed by atoms with Gasteiger partial charge in [0.2, 0.25) is 0 Å². The van der Waals surface area contributed by atoms with E-state index in [1.165, 1.54) is 6.07 Å². The van der Waals surface area contributed by atoms with Gasteiger partial charge in [-0.3, -0.25) is 10.1 Å². The van der Waals surface area contributed by atoms with Crippen molar-refractivity contribution in [3.63, 3.8) is 0 Å². The first-order valence-corrected chi connectivity index (χ1v) is 6.56. The molecular weight excluding hydrogens is 246 g/mol.